The average Bonchev–Trinajstić information content (AvgIpc) is 2.91. The number of nitrogens with zero attached hydrogens (tertiary/aromatic N) is 2. The summed E-state index contributed by atoms with van der Waals surface area (Å²) in [5.74, 6) is -0.190. The predicted octanol–water partition coefficient (Wildman–Crippen LogP) is 4.42. The Balaban J connectivity index is 1.51. The van der Waals surface area contributed by atoms with Gasteiger partial charge in [-0.15, -0.1) is 11.3 Å². The molecule has 7 heteroatoms. The highest BCUT2D eigenvalue weighted by Gasteiger charge is 2.25. The van der Waals surface area contributed by atoms with Crippen molar-refractivity contribution in [3.63, 3.8) is 0 Å². The summed E-state index contributed by atoms with van der Waals surface area (Å²) in [5.41, 5.74) is 4.42. The van der Waals surface area contributed by atoms with E-state index in [1.807, 2.05) is 36.9 Å². The summed E-state index contributed by atoms with van der Waals surface area (Å²) in [6.45, 7) is 4.87. The van der Waals surface area contributed by atoms with E-state index in [1.54, 1.807) is 11.3 Å². The number of amides is 2. The van der Waals surface area contributed by atoms with Gasteiger partial charge in [0.2, 0.25) is 5.91 Å². The van der Waals surface area contributed by atoms with E-state index in [1.165, 1.54) is 11.3 Å². The summed E-state index contributed by atoms with van der Waals surface area (Å²) in [6, 6.07) is 8.13. The maximum atomic E-state index is 13.0. The lowest BCUT2D eigenvalue weighted by molar-refractivity contribution is -0.115. The number of aryl methyl sites for hydroxylation is 1. The summed E-state index contributed by atoms with van der Waals surface area (Å²) in [4.78, 5) is 28.9. The Labute approximate surface area is 193 Å². The summed E-state index contributed by atoms with van der Waals surface area (Å²) < 4.78 is 0. The molecule has 168 valence electrons. The van der Waals surface area contributed by atoms with Crippen molar-refractivity contribution in [1.29, 1.82) is 5.26 Å². The Morgan fingerprint density at radius 3 is 2.69 bits per heavy atom. The number of carbonyl (C=O) groups is 2. The van der Waals surface area contributed by atoms with E-state index in [0.29, 0.717) is 16.1 Å². The third kappa shape index (κ3) is 4.66. The molecule has 0 bridgehead atoms. The lowest BCUT2D eigenvalue weighted by atomic mass is 9.95. The standard InChI is InChI=1S/C25H30N4O2S/c1-16(2)27-24(31)19-9-6-11-21-17(19)10-7-13-29(21)15-23(30)28-25-20(14-26)18-8-4-3-5-12-22(18)32-25/h6,9,11,16H,3-5,7-8,10,12-13,15H2,1-2H3,(H,27,31)(H,28,30). The third-order valence-electron chi connectivity index (χ3n) is 6.13. The van der Waals surface area contributed by atoms with E-state index in [2.05, 4.69) is 16.7 Å². The highest BCUT2D eigenvalue weighted by Crippen LogP contribution is 2.37. The minimum absolute atomic E-state index is 0.0677. The Morgan fingerprint density at radius 2 is 1.91 bits per heavy atom. The molecular weight excluding hydrogens is 420 g/mol. The Hall–Kier alpha value is -2.85. The Kier molecular flexibility index (Phi) is 6.80. The highest BCUT2D eigenvalue weighted by molar-refractivity contribution is 7.16. The summed E-state index contributed by atoms with van der Waals surface area (Å²) >= 11 is 1.56. The van der Waals surface area contributed by atoms with Crippen molar-refractivity contribution in [1.82, 2.24) is 5.32 Å². The topological polar surface area (TPSA) is 85.2 Å². The Bertz CT molecular complexity index is 1070. The molecule has 0 saturated carbocycles. The number of hydrogen-bond acceptors (Lipinski definition) is 5. The van der Waals surface area contributed by atoms with Crippen molar-refractivity contribution < 1.29 is 9.59 Å². The number of nitrogens with one attached hydrogen (secondary N) is 2. The molecule has 0 saturated heterocycles. The first kappa shape index (κ1) is 22.3. The molecule has 0 atom stereocenters. The molecule has 6 nitrogen and oxygen atoms in total. The van der Waals surface area contributed by atoms with Crippen LogP contribution in [0.15, 0.2) is 18.2 Å². The van der Waals surface area contributed by atoms with Gasteiger partial charge in [-0.2, -0.15) is 5.26 Å². The van der Waals surface area contributed by atoms with Gasteiger partial charge in [-0.1, -0.05) is 12.5 Å². The van der Waals surface area contributed by atoms with Crippen LogP contribution in [0.3, 0.4) is 0 Å². The van der Waals surface area contributed by atoms with Crippen LogP contribution >= 0.6 is 11.3 Å². The SMILES string of the molecule is CC(C)NC(=O)c1cccc2c1CCCN2CC(=O)Nc1sc2c(c1C#N)CCCCC2. The van der Waals surface area contributed by atoms with Crippen molar-refractivity contribution in [2.45, 2.75) is 64.8 Å². The van der Waals surface area contributed by atoms with E-state index in [-0.39, 0.29) is 24.4 Å². The van der Waals surface area contributed by atoms with Crippen molar-refractivity contribution in [2.75, 3.05) is 23.3 Å². The first-order valence-electron chi connectivity index (χ1n) is 11.5. The normalized spacial score (nSPS) is 15.4. The molecule has 0 radical (unpaired) electrons. The molecule has 2 heterocycles. The fourth-order valence-corrected chi connectivity index (χ4v) is 5.96. The number of benzene rings is 1. The van der Waals surface area contributed by atoms with Gasteiger partial charge < -0.3 is 15.5 Å². The van der Waals surface area contributed by atoms with Crippen LogP contribution in [0, 0.1) is 11.3 Å². The van der Waals surface area contributed by atoms with Crippen LogP contribution in [0.2, 0.25) is 0 Å². The van der Waals surface area contributed by atoms with Crippen LogP contribution in [0.25, 0.3) is 0 Å². The maximum absolute atomic E-state index is 13.0. The van der Waals surface area contributed by atoms with Gasteiger partial charge in [-0.3, -0.25) is 9.59 Å². The molecule has 32 heavy (non-hydrogen) atoms. The summed E-state index contributed by atoms with van der Waals surface area (Å²) in [5, 5.41) is 16.4. The molecule has 1 aliphatic carbocycles. The third-order valence-corrected chi connectivity index (χ3v) is 7.34. The van der Waals surface area contributed by atoms with Gasteiger partial charge in [0, 0.05) is 28.7 Å². The van der Waals surface area contributed by atoms with Gasteiger partial charge in [0.1, 0.15) is 11.1 Å². The molecule has 0 spiro atoms. The quantitative estimate of drug-likeness (QED) is 0.661. The molecule has 0 fully saturated rings. The largest absolute Gasteiger partial charge is 0.362 e. The molecule has 1 aromatic heterocycles. The molecule has 2 amide bonds. The summed E-state index contributed by atoms with van der Waals surface area (Å²) in [7, 11) is 0. The molecule has 2 aliphatic rings. The van der Waals surface area contributed by atoms with Crippen molar-refractivity contribution >= 4 is 33.8 Å². The van der Waals surface area contributed by atoms with Crippen LogP contribution < -0.4 is 15.5 Å². The first-order chi connectivity index (χ1) is 15.5. The molecule has 4 rings (SSSR count). The fraction of sp³-hybridized carbons (Fsp3) is 0.480. The van der Waals surface area contributed by atoms with Crippen molar-refractivity contribution in [2.24, 2.45) is 0 Å². The number of rotatable bonds is 5. The summed E-state index contributed by atoms with van der Waals surface area (Å²) in [6.07, 6.45) is 7.07. The van der Waals surface area contributed by atoms with E-state index in [4.69, 9.17) is 0 Å². The van der Waals surface area contributed by atoms with Crippen molar-refractivity contribution in [3.8, 4) is 6.07 Å². The van der Waals surface area contributed by atoms with Gasteiger partial charge in [0.05, 0.1) is 12.1 Å². The number of thiophene rings is 1. The number of carbonyl (C=O) groups excluding carboxylic acids is 2. The van der Waals surface area contributed by atoms with Crippen LogP contribution in [-0.2, 0) is 24.1 Å². The zero-order chi connectivity index (χ0) is 22.7. The predicted molar refractivity (Wildman–Crippen MR) is 129 cm³/mol. The number of fused-ring (bicyclic) bond motifs is 2. The zero-order valence-corrected chi connectivity index (χ0v) is 19.6. The maximum Gasteiger partial charge on any atom is 0.251 e. The molecule has 1 aliphatic heterocycles. The van der Waals surface area contributed by atoms with Crippen LogP contribution in [0.4, 0.5) is 10.7 Å². The zero-order valence-electron chi connectivity index (χ0n) is 18.8. The molecule has 2 aromatic rings. The van der Waals surface area contributed by atoms with Gasteiger partial charge in [0.15, 0.2) is 0 Å². The second-order valence-electron chi connectivity index (χ2n) is 8.89. The van der Waals surface area contributed by atoms with Gasteiger partial charge in [-0.25, -0.2) is 0 Å². The first-order valence-corrected chi connectivity index (χ1v) is 12.3. The van der Waals surface area contributed by atoms with Crippen LogP contribution in [0.1, 0.15) is 71.5 Å². The van der Waals surface area contributed by atoms with E-state index < -0.39 is 0 Å². The second kappa shape index (κ2) is 9.74. The lowest BCUT2D eigenvalue weighted by Crippen LogP contribution is -2.38. The van der Waals surface area contributed by atoms with Gasteiger partial charge in [-0.05, 0) is 75.6 Å². The monoisotopic (exact) mass is 450 g/mol. The van der Waals surface area contributed by atoms with Gasteiger partial charge >= 0.3 is 0 Å². The number of nitriles is 1. The minimum Gasteiger partial charge on any atom is -0.362 e. The molecule has 2 N–H and O–H groups in total. The van der Waals surface area contributed by atoms with E-state index in [9.17, 15) is 14.9 Å². The number of hydrogen-bond donors (Lipinski definition) is 2. The molecule has 1 aromatic carbocycles. The van der Waals surface area contributed by atoms with E-state index >= 15 is 0 Å². The second-order valence-corrected chi connectivity index (χ2v) is 9.99. The smallest absolute Gasteiger partial charge is 0.251 e. The van der Waals surface area contributed by atoms with Crippen LogP contribution in [-0.4, -0.2) is 30.9 Å². The minimum atomic E-state index is -0.122. The van der Waals surface area contributed by atoms with Crippen molar-refractivity contribution in [3.05, 3.63) is 45.3 Å². The average molecular weight is 451 g/mol. The van der Waals surface area contributed by atoms with Gasteiger partial charge in [0.25, 0.3) is 5.91 Å². The van der Waals surface area contributed by atoms with Crippen LogP contribution in [0.5, 0.6) is 0 Å². The Morgan fingerprint density at radius 1 is 1.12 bits per heavy atom. The lowest BCUT2D eigenvalue weighted by Gasteiger charge is -2.32. The molecular formula is C25H30N4O2S. The molecule has 0 unspecified atom stereocenters. The number of anilines is 2. The van der Waals surface area contributed by atoms with E-state index in [0.717, 1.165) is 61.9 Å². The fourth-order valence-electron chi connectivity index (χ4n) is 4.71. The highest BCUT2D eigenvalue weighted by atomic mass is 32.1.